The zero-order valence-corrected chi connectivity index (χ0v) is 10.8. The van der Waals surface area contributed by atoms with Gasteiger partial charge in [-0.15, -0.1) is 0 Å². The van der Waals surface area contributed by atoms with Crippen molar-refractivity contribution in [3.05, 3.63) is 0 Å². The molecule has 0 amide bonds. The molecule has 1 fully saturated rings. The molecule has 1 rings (SSSR count). The fourth-order valence-corrected chi connectivity index (χ4v) is 2.30. The van der Waals surface area contributed by atoms with E-state index in [4.69, 9.17) is 0 Å². The number of rotatable bonds is 4. The highest BCUT2D eigenvalue weighted by Crippen LogP contribution is 2.26. The Morgan fingerprint density at radius 2 is 1.80 bits per heavy atom. The Morgan fingerprint density at radius 1 is 1.27 bits per heavy atom. The van der Waals surface area contributed by atoms with Gasteiger partial charge < -0.3 is 5.11 Å². The summed E-state index contributed by atoms with van der Waals surface area (Å²) < 4.78 is 0. The van der Waals surface area contributed by atoms with E-state index in [9.17, 15) is 5.11 Å². The molecule has 0 aromatic heterocycles. The van der Waals surface area contributed by atoms with Crippen molar-refractivity contribution in [3.63, 3.8) is 0 Å². The summed E-state index contributed by atoms with van der Waals surface area (Å²) in [6.45, 7) is 10.4. The Kier molecular flexibility index (Phi) is 4.60. The van der Waals surface area contributed by atoms with Crippen molar-refractivity contribution >= 4 is 0 Å². The minimum atomic E-state index is -0.210. The molecule has 1 atom stereocenters. The second kappa shape index (κ2) is 5.31. The maximum absolute atomic E-state index is 10.1. The average molecular weight is 213 g/mol. The quantitative estimate of drug-likeness (QED) is 0.776. The lowest BCUT2D eigenvalue weighted by molar-refractivity contribution is 0.0180. The molecule has 15 heavy (non-hydrogen) atoms. The van der Waals surface area contributed by atoms with Gasteiger partial charge >= 0.3 is 0 Å². The standard InChI is InChI=1S/C13H27NO/c1-5-14(11-8-6-7-9-11)10-12(15)13(2,3)4/h11-12,15H,5-10H2,1-4H3. The van der Waals surface area contributed by atoms with Gasteiger partial charge in [-0.2, -0.15) is 0 Å². The Morgan fingerprint density at radius 3 is 2.20 bits per heavy atom. The molecule has 1 aliphatic rings. The van der Waals surface area contributed by atoms with Crippen LogP contribution in [0.2, 0.25) is 0 Å². The van der Waals surface area contributed by atoms with Gasteiger partial charge in [0.1, 0.15) is 0 Å². The number of aliphatic hydroxyl groups excluding tert-OH is 1. The summed E-state index contributed by atoms with van der Waals surface area (Å²) in [4.78, 5) is 2.46. The van der Waals surface area contributed by atoms with Crippen LogP contribution in [0.15, 0.2) is 0 Å². The summed E-state index contributed by atoms with van der Waals surface area (Å²) in [7, 11) is 0. The molecule has 0 aromatic rings. The van der Waals surface area contributed by atoms with Gasteiger partial charge in [0.2, 0.25) is 0 Å². The molecule has 1 N–H and O–H groups in total. The maximum Gasteiger partial charge on any atom is 0.0715 e. The molecule has 0 bridgehead atoms. The smallest absolute Gasteiger partial charge is 0.0715 e. The average Bonchev–Trinajstić information content (AvgIpc) is 2.64. The Hall–Kier alpha value is -0.0800. The van der Waals surface area contributed by atoms with E-state index >= 15 is 0 Å². The molecular weight excluding hydrogens is 186 g/mol. The van der Waals surface area contributed by atoms with Gasteiger partial charge in [0, 0.05) is 12.6 Å². The van der Waals surface area contributed by atoms with Gasteiger partial charge in [0.05, 0.1) is 6.10 Å². The molecule has 0 aliphatic heterocycles. The van der Waals surface area contributed by atoms with Crippen LogP contribution in [0.4, 0.5) is 0 Å². The third-order valence-corrected chi connectivity index (χ3v) is 3.65. The Labute approximate surface area is 94.7 Å². The first kappa shape index (κ1) is 13.0. The van der Waals surface area contributed by atoms with E-state index < -0.39 is 0 Å². The summed E-state index contributed by atoms with van der Waals surface area (Å²) in [5, 5.41) is 10.1. The summed E-state index contributed by atoms with van der Waals surface area (Å²) in [5.41, 5.74) is 0.00598. The predicted octanol–water partition coefficient (Wildman–Crippen LogP) is 2.66. The number of likely N-dealkylation sites (N-methyl/N-ethyl adjacent to an activating group) is 1. The number of aliphatic hydroxyl groups is 1. The SMILES string of the molecule is CCN(CC(O)C(C)(C)C)C1CCCC1. The molecular formula is C13H27NO. The van der Waals surface area contributed by atoms with Gasteiger partial charge in [-0.3, -0.25) is 4.90 Å². The fraction of sp³-hybridized carbons (Fsp3) is 1.00. The highest BCUT2D eigenvalue weighted by Gasteiger charge is 2.28. The second-order valence-corrected chi connectivity index (χ2v) is 5.91. The van der Waals surface area contributed by atoms with Crippen molar-refractivity contribution in [1.29, 1.82) is 0 Å². The van der Waals surface area contributed by atoms with Crippen molar-refractivity contribution in [2.75, 3.05) is 13.1 Å². The van der Waals surface area contributed by atoms with Gasteiger partial charge in [0.15, 0.2) is 0 Å². The van der Waals surface area contributed by atoms with Crippen molar-refractivity contribution in [3.8, 4) is 0 Å². The lowest BCUT2D eigenvalue weighted by atomic mass is 9.88. The van der Waals surface area contributed by atoms with Gasteiger partial charge in [-0.05, 0) is 24.8 Å². The van der Waals surface area contributed by atoms with Crippen LogP contribution in [0.5, 0.6) is 0 Å². The lowest BCUT2D eigenvalue weighted by Crippen LogP contribution is -2.43. The molecule has 0 heterocycles. The minimum Gasteiger partial charge on any atom is -0.391 e. The van der Waals surface area contributed by atoms with E-state index in [1.165, 1.54) is 25.7 Å². The first-order valence-electron chi connectivity index (χ1n) is 6.37. The number of nitrogens with zero attached hydrogens (tertiary/aromatic N) is 1. The van der Waals surface area contributed by atoms with E-state index in [2.05, 4.69) is 32.6 Å². The molecule has 2 heteroatoms. The number of hydrogen-bond donors (Lipinski definition) is 1. The topological polar surface area (TPSA) is 23.5 Å². The van der Waals surface area contributed by atoms with E-state index in [0.717, 1.165) is 19.1 Å². The van der Waals surface area contributed by atoms with Gasteiger partial charge in [-0.25, -0.2) is 0 Å². The van der Waals surface area contributed by atoms with Crippen LogP contribution in [0.25, 0.3) is 0 Å². The summed E-state index contributed by atoms with van der Waals surface area (Å²) in [6.07, 6.45) is 5.17. The molecule has 0 aromatic carbocycles. The first-order valence-corrected chi connectivity index (χ1v) is 6.37. The molecule has 90 valence electrons. The van der Waals surface area contributed by atoms with Crippen LogP contribution in [0.1, 0.15) is 53.4 Å². The van der Waals surface area contributed by atoms with Crippen LogP contribution in [-0.4, -0.2) is 35.2 Å². The molecule has 1 saturated carbocycles. The Balaban J connectivity index is 2.45. The van der Waals surface area contributed by atoms with Crippen LogP contribution >= 0.6 is 0 Å². The predicted molar refractivity (Wildman–Crippen MR) is 65.0 cm³/mol. The zero-order chi connectivity index (χ0) is 11.5. The second-order valence-electron chi connectivity index (χ2n) is 5.91. The highest BCUT2D eigenvalue weighted by atomic mass is 16.3. The van der Waals surface area contributed by atoms with Crippen LogP contribution in [-0.2, 0) is 0 Å². The van der Waals surface area contributed by atoms with E-state index in [-0.39, 0.29) is 11.5 Å². The summed E-state index contributed by atoms with van der Waals surface area (Å²) >= 11 is 0. The normalized spacial score (nSPS) is 21.2. The molecule has 1 aliphatic carbocycles. The third kappa shape index (κ3) is 3.76. The molecule has 1 unspecified atom stereocenters. The van der Waals surface area contributed by atoms with E-state index in [1.807, 2.05) is 0 Å². The summed E-state index contributed by atoms with van der Waals surface area (Å²) in [5.74, 6) is 0. The lowest BCUT2D eigenvalue weighted by Gasteiger charge is -2.34. The van der Waals surface area contributed by atoms with Crippen LogP contribution in [0, 0.1) is 5.41 Å². The van der Waals surface area contributed by atoms with Crippen LogP contribution < -0.4 is 0 Å². The number of hydrogen-bond acceptors (Lipinski definition) is 2. The van der Waals surface area contributed by atoms with E-state index in [1.54, 1.807) is 0 Å². The van der Waals surface area contributed by atoms with E-state index in [0.29, 0.717) is 0 Å². The zero-order valence-electron chi connectivity index (χ0n) is 10.8. The Bertz CT molecular complexity index is 179. The first-order chi connectivity index (χ1) is 6.95. The van der Waals surface area contributed by atoms with Crippen molar-refractivity contribution in [2.45, 2.75) is 65.5 Å². The van der Waals surface area contributed by atoms with Crippen molar-refractivity contribution in [2.24, 2.45) is 5.41 Å². The van der Waals surface area contributed by atoms with Crippen molar-refractivity contribution < 1.29 is 5.11 Å². The molecule has 0 saturated heterocycles. The van der Waals surface area contributed by atoms with Crippen molar-refractivity contribution in [1.82, 2.24) is 4.90 Å². The monoisotopic (exact) mass is 213 g/mol. The van der Waals surface area contributed by atoms with Gasteiger partial charge in [-0.1, -0.05) is 40.5 Å². The van der Waals surface area contributed by atoms with Gasteiger partial charge in [0.25, 0.3) is 0 Å². The highest BCUT2D eigenvalue weighted by molar-refractivity contribution is 4.82. The minimum absolute atomic E-state index is 0.00598. The fourth-order valence-electron chi connectivity index (χ4n) is 2.30. The largest absolute Gasteiger partial charge is 0.391 e. The molecule has 2 nitrogen and oxygen atoms in total. The summed E-state index contributed by atoms with van der Waals surface area (Å²) in [6, 6.07) is 0.729. The molecule has 0 spiro atoms. The molecule has 0 radical (unpaired) electrons. The third-order valence-electron chi connectivity index (χ3n) is 3.65. The maximum atomic E-state index is 10.1. The van der Waals surface area contributed by atoms with Crippen LogP contribution in [0.3, 0.4) is 0 Å².